The van der Waals surface area contributed by atoms with Crippen molar-refractivity contribution in [1.29, 1.82) is 0 Å². The predicted octanol–water partition coefficient (Wildman–Crippen LogP) is 3.33. The highest BCUT2D eigenvalue weighted by atomic mass is 16.1. The Balaban J connectivity index is 1.42. The van der Waals surface area contributed by atoms with E-state index in [1.165, 1.54) is 0 Å². The molecule has 1 amide bonds. The minimum atomic E-state index is -0.00820. The van der Waals surface area contributed by atoms with Gasteiger partial charge in [-0.05, 0) is 42.3 Å². The maximum atomic E-state index is 12.1. The minimum Gasteiger partial charge on any atom is -0.326 e. The summed E-state index contributed by atoms with van der Waals surface area (Å²) in [6, 6.07) is 15.8. The number of amides is 1. The van der Waals surface area contributed by atoms with Crippen LogP contribution in [0, 0.1) is 0 Å². The van der Waals surface area contributed by atoms with Crippen LogP contribution < -0.4 is 5.32 Å². The number of anilines is 1. The number of carbonyl (C=O) groups is 1. The Morgan fingerprint density at radius 3 is 2.62 bits per heavy atom. The van der Waals surface area contributed by atoms with E-state index in [9.17, 15) is 4.79 Å². The molecular formula is C20H19N5O. The van der Waals surface area contributed by atoms with Crippen LogP contribution in [-0.4, -0.2) is 25.5 Å². The molecule has 4 aromatic rings. The molecule has 0 aliphatic rings. The second kappa shape index (κ2) is 6.84. The van der Waals surface area contributed by atoms with Crippen LogP contribution >= 0.6 is 0 Å². The molecule has 130 valence electrons. The van der Waals surface area contributed by atoms with E-state index in [4.69, 9.17) is 0 Å². The zero-order chi connectivity index (χ0) is 17.9. The normalized spacial score (nSPS) is 11.0. The molecule has 0 saturated carbocycles. The van der Waals surface area contributed by atoms with Gasteiger partial charge in [-0.2, -0.15) is 10.2 Å². The summed E-state index contributed by atoms with van der Waals surface area (Å²) >= 11 is 0. The number of carbonyl (C=O) groups excluding carboxylic acids is 1. The average Bonchev–Trinajstić information content (AvgIpc) is 3.27. The smallest absolute Gasteiger partial charge is 0.224 e. The number of fused-ring (bicyclic) bond motifs is 1. The van der Waals surface area contributed by atoms with Gasteiger partial charge in [-0.25, -0.2) is 4.68 Å². The number of nitrogens with one attached hydrogen (secondary N) is 1. The standard InChI is InChI=1S/C20H19N5O/c1-24-14-15(12-21-24)6-11-20(26)23-17-7-9-18(10-8-17)25-19-5-3-2-4-16(19)13-22-25/h2-5,7-10,12-14H,6,11H2,1H3,(H,23,26). The van der Waals surface area contributed by atoms with Crippen LogP contribution in [0.25, 0.3) is 16.6 Å². The van der Waals surface area contributed by atoms with Gasteiger partial charge in [0, 0.05) is 30.7 Å². The Hall–Kier alpha value is -3.41. The third-order valence-corrected chi connectivity index (χ3v) is 4.27. The van der Waals surface area contributed by atoms with Crippen molar-refractivity contribution in [3.05, 3.63) is 72.7 Å². The second-order valence-electron chi connectivity index (χ2n) is 6.23. The summed E-state index contributed by atoms with van der Waals surface area (Å²) in [5, 5.41) is 12.6. The van der Waals surface area contributed by atoms with Gasteiger partial charge in [-0.1, -0.05) is 18.2 Å². The fraction of sp³-hybridized carbons (Fsp3) is 0.150. The molecule has 4 rings (SSSR count). The van der Waals surface area contributed by atoms with Crippen LogP contribution in [0.2, 0.25) is 0 Å². The van der Waals surface area contributed by atoms with Gasteiger partial charge in [0.05, 0.1) is 23.6 Å². The van der Waals surface area contributed by atoms with E-state index >= 15 is 0 Å². The summed E-state index contributed by atoms with van der Waals surface area (Å²) in [7, 11) is 1.87. The number of hydrogen-bond acceptors (Lipinski definition) is 3. The highest BCUT2D eigenvalue weighted by Crippen LogP contribution is 2.19. The Morgan fingerprint density at radius 1 is 1.04 bits per heavy atom. The van der Waals surface area contributed by atoms with Gasteiger partial charge in [0.2, 0.25) is 5.91 Å². The fourth-order valence-electron chi connectivity index (χ4n) is 2.95. The van der Waals surface area contributed by atoms with Crippen molar-refractivity contribution in [3.8, 4) is 5.69 Å². The average molecular weight is 345 g/mol. The third-order valence-electron chi connectivity index (χ3n) is 4.27. The number of rotatable bonds is 5. The van der Waals surface area contributed by atoms with Gasteiger partial charge in [0.1, 0.15) is 0 Å². The molecule has 2 heterocycles. The van der Waals surface area contributed by atoms with Crippen LogP contribution in [0.5, 0.6) is 0 Å². The molecule has 0 saturated heterocycles. The first-order valence-corrected chi connectivity index (χ1v) is 8.49. The zero-order valence-corrected chi connectivity index (χ0v) is 14.5. The van der Waals surface area contributed by atoms with E-state index < -0.39 is 0 Å². The van der Waals surface area contributed by atoms with Crippen molar-refractivity contribution in [3.63, 3.8) is 0 Å². The number of para-hydroxylation sites is 1. The van der Waals surface area contributed by atoms with Crippen LogP contribution in [0.15, 0.2) is 67.1 Å². The first kappa shape index (κ1) is 16.1. The third kappa shape index (κ3) is 3.35. The van der Waals surface area contributed by atoms with E-state index in [0.717, 1.165) is 27.8 Å². The monoisotopic (exact) mass is 345 g/mol. The van der Waals surface area contributed by atoms with Gasteiger partial charge < -0.3 is 5.32 Å². The Kier molecular flexibility index (Phi) is 4.23. The Morgan fingerprint density at radius 2 is 1.85 bits per heavy atom. The highest BCUT2D eigenvalue weighted by molar-refractivity contribution is 5.91. The van der Waals surface area contributed by atoms with E-state index in [0.29, 0.717) is 12.8 Å². The summed E-state index contributed by atoms with van der Waals surface area (Å²) < 4.78 is 3.63. The molecule has 0 atom stereocenters. The fourth-order valence-corrected chi connectivity index (χ4v) is 2.95. The molecule has 2 aromatic heterocycles. The summed E-state index contributed by atoms with van der Waals surface area (Å²) in [6.07, 6.45) is 6.67. The summed E-state index contributed by atoms with van der Waals surface area (Å²) in [5.41, 5.74) is 3.85. The summed E-state index contributed by atoms with van der Waals surface area (Å²) in [6.45, 7) is 0. The van der Waals surface area contributed by atoms with Gasteiger partial charge in [0.15, 0.2) is 0 Å². The molecule has 0 bridgehead atoms. The number of nitrogens with zero attached hydrogens (tertiary/aromatic N) is 4. The Bertz CT molecular complexity index is 1050. The molecule has 6 heteroatoms. The molecule has 1 N–H and O–H groups in total. The molecule has 26 heavy (non-hydrogen) atoms. The maximum Gasteiger partial charge on any atom is 0.224 e. The summed E-state index contributed by atoms with van der Waals surface area (Å²) in [5.74, 6) is -0.00820. The van der Waals surface area contributed by atoms with Crippen LogP contribution in [0.1, 0.15) is 12.0 Å². The van der Waals surface area contributed by atoms with Gasteiger partial charge in [0.25, 0.3) is 0 Å². The largest absolute Gasteiger partial charge is 0.326 e. The predicted molar refractivity (Wildman–Crippen MR) is 101 cm³/mol. The van der Waals surface area contributed by atoms with Crippen molar-refractivity contribution in [2.24, 2.45) is 7.05 Å². The van der Waals surface area contributed by atoms with Crippen molar-refractivity contribution in [2.45, 2.75) is 12.8 Å². The molecule has 0 aliphatic heterocycles. The lowest BCUT2D eigenvalue weighted by molar-refractivity contribution is -0.116. The van der Waals surface area contributed by atoms with Crippen molar-refractivity contribution < 1.29 is 4.79 Å². The molecule has 0 radical (unpaired) electrons. The molecular weight excluding hydrogens is 326 g/mol. The first-order chi connectivity index (χ1) is 12.7. The highest BCUT2D eigenvalue weighted by Gasteiger charge is 2.07. The van der Waals surface area contributed by atoms with Gasteiger partial charge >= 0.3 is 0 Å². The van der Waals surface area contributed by atoms with E-state index in [1.54, 1.807) is 10.9 Å². The lowest BCUT2D eigenvalue weighted by Crippen LogP contribution is -2.12. The Labute approximate surface area is 151 Å². The van der Waals surface area contributed by atoms with E-state index in [-0.39, 0.29) is 5.91 Å². The topological polar surface area (TPSA) is 64.7 Å². The van der Waals surface area contributed by atoms with Crippen molar-refractivity contribution >= 4 is 22.5 Å². The molecule has 2 aromatic carbocycles. The molecule has 0 unspecified atom stereocenters. The lowest BCUT2D eigenvalue weighted by Gasteiger charge is -2.07. The summed E-state index contributed by atoms with van der Waals surface area (Å²) in [4.78, 5) is 12.1. The molecule has 6 nitrogen and oxygen atoms in total. The van der Waals surface area contributed by atoms with Crippen LogP contribution in [0.4, 0.5) is 5.69 Å². The van der Waals surface area contributed by atoms with E-state index in [1.807, 2.05) is 72.7 Å². The van der Waals surface area contributed by atoms with Crippen molar-refractivity contribution in [1.82, 2.24) is 19.6 Å². The molecule has 0 fully saturated rings. The number of hydrogen-bond donors (Lipinski definition) is 1. The van der Waals surface area contributed by atoms with Gasteiger partial charge in [-0.3, -0.25) is 9.48 Å². The van der Waals surface area contributed by atoms with E-state index in [2.05, 4.69) is 15.5 Å². The zero-order valence-electron chi connectivity index (χ0n) is 14.5. The number of aromatic nitrogens is 4. The quantitative estimate of drug-likeness (QED) is 0.603. The molecule has 0 aliphatic carbocycles. The van der Waals surface area contributed by atoms with Gasteiger partial charge in [-0.15, -0.1) is 0 Å². The number of aryl methyl sites for hydroxylation is 2. The van der Waals surface area contributed by atoms with Crippen LogP contribution in [0.3, 0.4) is 0 Å². The van der Waals surface area contributed by atoms with Crippen molar-refractivity contribution in [2.75, 3.05) is 5.32 Å². The minimum absolute atomic E-state index is 0.00820. The maximum absolute atomic E-state index is 12.1. The number of benzene rings is 2. The SMILES string of the molecule is Cn1cc(CCC(=O)Nc2ccc(-n3ncc4ccccc43)cc2)cn1. The molecule has 0 spiro atoms. The lowest BCUT2D eigenvalue weighted by atomic mass is 10.2. The second-order valence-corrected chi connectivity index (χ2v) is 6.23. The van der Waals surface area contributed by atoms with Crippen LogP contribution in [-0.2, 0) is 18.3 Å². The first-order valence-electron chi connectivity index (χ1n) is 8.49.